The van der Waals surface area contributed by atoms with Crippen molar-refractivity contribution in [2.75, 3.05) is 6.61 Å². The quantitative estimate of drug-likeness (QED) is 0.107. The van der Waals surface area contributed by atoms with Crippen LogP contribution in [-0.2, 0) is 18.9 Å². The smallest absolute Gasteiger partial charge is 1.00 e. The molecule has 1 atom stereocenters. The number of ether oxygens (including phenoxy) is 1. The summed E-state index contributed by atoms with van der Waals surface area (Å²) in [7, 11) is -4.63. The summed E-state index contributed by atoms with van der Waals surface area (Å²) in [6, 6.07) is 0. The van der Waals surface area contributed by atoms with E-state index in [1.54, 1.807) is 0 Å². The molecule has 6 nitrogen and oxygen atoms in total. The third kappa shape index (κ3) is 21.1. The van der Waals surface area contributed by atoms with Crippen molar-refractivity contribution in [3.8, 4) is 0 Å². The standard InChI is InChI=1S/C16H35O6P.Na.H/c1-4-5-6-7-8-9-10-11-12-13-16(20-14-15(2)3)21-22-23(17,18)19;;/h15-16H,4-14H2,1-3H3,(H2,17,18,19);;/q;+1;-1. The van der Waals surface area contributed by atoms with Crippen LogP contribution in [0.4, 0.5) is 0 Å². The molecule has 0 aliphatic heterocycles. The zero-order valence-corrected chi connectivity index (χ0v) is 18.8. The Morgan fingerprint density at radius 3 is 1.92 bits per heavy atom. The van der Waals surface area contributed by atoms with Gasteiger partial charge in [-0.1, -0.05) is 72.1 Å². The fraction of sp³-hybridized carbons (Fsp3) is 1.00. The molecule has 0 aliphatic rings. The van der Waals surface area contributed by atoms with Crippen LogP contribution in [0.15, 0.2) is 0 Å². The molecule has 0 amide bonds. The summed E-state index contributed by atoms with van der Waals surface area (Å²) < 4.78 is 20.3. The zero-order chi connectivity index (χ0) is 17.6. The Balaban J connectivity index is -0.00000242. The van der Waals surface area contributed by atoms with E-state index in [4.69, 9.17) is 19.4 Å². The molecule has 0 heterocycles. The molecule has 142 valence electrons. The SMILES string of the molecule is CCCCCCCCCCCC(OCC(C)C)OOP(=O)(O)O.[H-].[Na+]. The van der Waals surface area contributed by atoms with Gasteiger partial charge in [0.2, 0.25) is 0 Å². The molecular formula is C16H36NaO6P. The van der Waals surface area contributed by atoms with E-state index in [0.29, 0.717) is 18.9 Å². The average molecular weight is 378 g/mol. The van der Waals surface area contributed by atoms with E-state index in [0.717, 1.165) is 12.8 Å². The number of hydrogen-bond acceptors (Lipinski definition) is 4. The number of unbranched alkanes of at least 4 members (excludes halogenated alkanes) is 8. The van der Waals surface area contributed by atoms with Gasteiger partial charge in [0.1, 0.15) is 0 Å². The van der Waals surface area contributed by atoms with Gasteiger partial charge in [-0.05, 0) is 12.3 Å². The van der Waals surface area contributed by atoms with Gasteiger partial charge < -0.3 is 16.0 Å². The number of phosphoric acid groups is 1. The van der Waals surface area contributed by atoms with E-state index in [-0.39, 0.29) is 31.0 Å². The largest absolute Gasteiger partial charge is 1.00 e. The molecule has 2 N–H and O–H groups in total. The Labute approximate surface area is 171 Å². The van der Waals surface area contributed by atoms with Gasteiger partial charge in [-0.15, -0.1) is 4.67 Å². The second kappa shape index (κ2) is 17.4. The van der Waals surface area contributed by atoms with E-state index in [1.807, 2.05) is 13.8 Å². The molecule has 0 aromatic rings. The van der Waals surface area contributed by atoms with Crippen molar-refractivity contribution in [1.82, 2.24) is 0 Å². The van der Waals surface area contributed by atoms with Gasteiger partial charge in [0.15, 0.2) is 6.29 Å². The Bertz CT molecular complexity index is 317. The van der Waals surface area contributed by atoms with Crippen LogP contribution in [0.5, 0.6) is 0 Å². The fourth-order valence-electron chi connectivity index (χ4n) is 2.18. The fourth-order valence-corrected chi connectivity index (χ4v) is 2.39. The molecule has 0 aromatic carbocycles. The summed E-state index contributed by atoms with van der Waals surface area (Å²) in [6.45, 7) is 6.68. The molecule has 0 radical (unpaired) electrons. The van der Waals surface area contributed by atoms with Gasteiger partial charge in [0.25, 0.3) is 0 Å². The minimum Gasteiger partial charge on any atom is -1.00 e. The van der Waals surface area contributed by atoms with E-state index < -0.39 is 14.1 Å². The van der Waals surface area contributed by atoms with Gasteiger partial charge in [-0.3, -0.25) is 0 Å². The topological polar surface area (TPSA) is 85.2 Å². The van der Waals surface area contributed by atoms with Gasteiger partial charge >= 0.3 is 37.4 Å². The summed E-state index contributed by atoms with van der Waals surface area (Å²) >= 11 is 0. The third-order valence-corrected chi connectivity index (χ3v) is 3.69. The molecule has 24 heavy (non-hydrogen) atoms. The molecule has 0 fully saturated rings. The van der Waals surface area contributed by atoms with Crippen LogP contribution in [0.3, 0.4) is 0 Å². The summed E-state index contributed by atoms with van der Waals surface area (Å²) in [5, 5.41) is 0. The maximum Gasteiger partial charge on any atom is 1.00 e. The molecule has 0 spiro atoms. The maximum absolute atomic E-state index is 10.7. The maximum atomic E-state index is 10.7. The first-order valence-corrected chi connectivity index (χ1v) is 10.4. The van der Waals surface area contributed by atoms with Crippen molar-refractivity contribution in [2.45, 2.75) is 91.3 Å². The first kappa shape index (κ1) is 27.3. The van der Waals surface area contributed by atoms with Crippen LogP contribution in [0.25, 0.3) is 0 Å². The number of rotatable bonds is 16. The Morgan fingerprint density at radius 2 is 1.46 bits per heavy atom. The molecule has 0 rings (SSSR count). The van der Waals surface area contributed by atoms with Crippen LogP contribution in [-0.4, -0.2) is 22.7 Å². The second-order valence-electron chi connectivity index (χ2n) is 6.44. The molecule has 0 saturated carbocycles. The van der Waals surface area contributed by atoms with Gasteiger partial charge in [0, 0.05) is 6.42 Å². The van der Waals surface area contributed by atoms with Gasteiger partial charge in [-0.2, -0.15) is 4.89 Å². The average Bonchev–Trinajstić information content (AvgIpc) is 2.46. The van der Waals surface area contributed by atoms with E-state index >= 15 is 0 Å². The molecule has 0 saturated heterocycles. The minimum atomic E-state index is -4.63. The van der Waals surface area contributed by atoms with E-state index in [2.05, 4.69) is 11.6 Å². The minimum absolute atomic E-state index is 0. The van der Waals surface area contributed by atoms with Crippen LogP contribution in [0.2, 0.25) is 0 Å². The van der Waals surface area contributed by atoms with Crippen LogP contribution in [0.1, 0.15) is 86.4 Å². The monoisotopic (exact) mass is 378 g/mol. The van der Waals surface area contributed by atoms with Crippen molar-refractivity contribution in [3.05, 3.63) is 0 Å². The molecular weight excluding hydrogens is 342 g/mol. The summed E-state index contributed by atoms with van der Waals surface area (Å²) in [5.74, 6) is 0.319. The van der Waals surface area contributed by atoms with Crippen LogP contribution < -0.4 is 29.6 Å². The normalized spacial score (nSPS) is 13.1. The molecule has 1 unspecified atom stereocenters. The Kier molecular flexibility index (Phi) is 19.8. The Hall–Kier alpha value is 1.03. The van der Waals surface area contributed by atoms with E-state index in [1.165, 1.54) is 44.9 Å². The molecule has 0 aromatic heterocycles. The van der Waals surface area contributed by atoms with Gasteiger partial charge in [-0.25, -0.2) is 4.57 Å². The summed E-state index contributed by atoms with van der Waals surface area (Å²) in [4.78, 5) is 22.1. The Morgan fingerprint density at radius 1 is 0.958 bits per heavy atom. The number of hydrogen-bond donors (Lipinski definition) is 2. The molecule has 8 heteroatoms. The third-order valence-electron chi connectivity index (χ3n) is 3.41. The van der Waals surface area contributed by atoms with Crippen LogP contribution >= 0.6 is 7.82 Å². The van der Waals surface area contributed by atoms with Crippen molar-refractivity contribution in [3.63, 3.8) is 0 Å². The van der Waals surface area contributed by atoms with Crippen molar-refractivity contribution in [1.29, 1.82) is 0 Å². The van der Waals surface area contributed by atoms with Crippen LogP contribution in [0, 0.1) is 5.92 Å². The van der Waals surface area contributed by atoms with Crippen molar-refractivity contribution >= 4 is 7.82 Å². The predicted molar refractivity (Wildman–Crippen MR) is 91.7 cm³/mol. The summed E-state index contributed by atoms with van der Waals surface area (Å²) in [6.07, 6.45) is 10.7. The molecule has 0 bridgehead atoms. The predicted octanol–water partition coefficient (Wildman–Crippen LogP) is 2.06. The van der Waals surface area contributed by atoms with E-state index in [9.17, 15) is 4.57 Å². The van der Waals surface area contributed by atoms with Gasteiger partial charge in [0.05, 0.1) is 6.61 Å². The zero-order valence-electron chi connectivity index (χ0n) is 16.9. The van der Waals surface area contributed by atoms with Crippen molar-refractivity contribution in [2.24, 2.45) is 5.92 Å². The molecule has 0 aliphatic carbocycles. The van der Waals surface area contributed by atoms with Crippen molar-refractivity contribution < 1.29 is 59.6 Å². The first-order valence-electron chi connectivity index (χ1n) is 8.87. The first-order chi connectivity index (χ1) is 10.8. The second-order valence-corrected chi connectivity index (χ2v) is 7.57. The summed E-state index contributed by atoms with van der Waals surface area (Å²) in [5.41, 5.74) is 0.